The molecule has 24 bridgehead atoms. The van der Waals surface area contributed by atoms with Crippen molar-refractivity contribution in [2.45, 2.75) is 507 Å². The smallest absolute Gasteiger partial charge is 0.0500 e. The van der Waals surface area contributed by atoms with Gasteiger partial charge >= 0.3 is 0 Å². The van der Waals surface area contributed by atoms with E-state index in [2.05, 4.69) is 255 Å². The summed E-state index contributed by atoms with van der Waals surface area (Å²) in [5.74, 6) is 16.2. The molecule has 768 valence electrons. The van der Waals surface area contributed by atoms with Gasteiger partial charge in [0, 0.05) is 46.9 Å². The summed E-state index contributed by atoms with van der Waals surface area (Å²) in [6.07, 6.45) is 49.9. The van der Waals surface area contributed by atoms with E-state index in [-0.39, 0.29) is 51.8 Å². The lowest BCUT2D eigenvalue weighted by atomic mass is 9.45. The summed E-state index contributed by atoms with van der Waals surface area (Å²) in [5.41, 5.74) is 13.4. The Bertz CT molecular complexity index is 3590. The quantitative estimate of drug-likeness (QED) is 0.168. The third-order valence-corrected chi connectivity index (χ3v) is 57.9. The van der Waals surface area contributed by atoms with E-state index in [1.165, 1.54) is 236 Å². The van der Waals surface area contributed by atoms with Gasteiger partial charge in [0.15, 0.2) is 0 Å². The summed E-state index contributed by atoms with van der Waals surface area (Å²) in [5, 5.41) is 2.65. The summed E-state index contributed by atoms with van der Waals surface area (Å²) >= 11 is 57.5. The van der Waals surface area contributed by atoms with Crippen LogP contribution in [0.3, 0.4) is 0 Å². The zero-order chi connectivity index (χ0) is 96.5. The lowest BCUT2D eigenvalue weighted by molar-refractivity contribution is -0.0876. The Kier molecular flexibility index (Phi) is 34.5. The summed E-state index contributed by atoms with van der Waals surface area (Å²) in [7, 11) is 0. The van der Waals surface area contributed by atoms with E-state index in [4.69, 9.17) is 104 Å². The highest BCUT2D eigenvalue weighted by Crippen LogP contribution is 2.75. The van der Waals surface area contributed by atoms with Gasteiger partial charge in [0.05, 0.1) is 0 Å². The molecule has 0 saturated heterocycles. The number of allylic oxidation sites excluding steroid dienone is 4. The maximum Gasteiger partial charge on any atom is 0.0500 e. The lowest BCUT2D eigenvalue weighted by Crippen LogP contribution is -2.57. The molecule has 28 aliphatic carbocycles. The van der Waals surface area contributed by atoms with Gasteiger partial charge < -0.3 is 0 Å². The van der Waals surface area contributed by atoms with E-state index in [1.54, 1.807) is 5.57 Å². The normalized spacial score (nSPS) is 49.8. The zero-order valence-electron chi connectivity index (χ0n) is 91.2. The molecule has 26 saturated carbocycles. The van der Waals surface area contributed by atoms with Crippen molar-refractivity contribution in [3.05, 3.63) is 36.0 Å². The summed E-state index contributed by atoms with van der Waals surface area (Å²) < 4.78 is 0. The second kappa shape index (κ2) is 39.0. The minimum absolute atomic E-state index is 0. The third kappa shape index (κ3) is 18.8. The fraction of sp³-hybridized carbons (Fsp3) is 0.950. The van der Waals surface area contributed by atoms with Crippen molar-refractivity contribution in [1.82, 2.24) is 0 Å². The minimum Gasteiger partial charge on any atom is -0.147 e. The fourth-order valence-corrected chi connectivity index (χ4v) is 41.1. The van der Waals surface area contributed by atoms with Gasteiger partial charge in [0.1, 0.15) is 0 Å². The van der Waals surface area contributed by atoms with Crippen LogP contribution in [-0.2, 0) is 0 Å². The molecule has 0 aromatic carbocycles. The summed E-state index contributed by atoms with van der Waals surface area (Å²) in [6, 6.07) is 0. The maximum absolute atomic E-state index is 6.56. The Morgan fingerprint density at radius 3 is 0.652 bits per heavy atom. The van der Waals surface area contributed by atoms with E-state index in [1.807, 2.05) is 0 Å². The van der Waals surface area contributed by atoms with Crippen LogP contribution in [0.15, 0.2) is 36.0 Å². The van der Waals surface area contributed by atoms with Crippen molar-refractivity contribution >= 4 is 142 Å². The molecule has 33 unspecified atom stereocenters. The zero-order valence-corrected chi connectivity index (χ0v) is 100. The van der Waals surface area contributed by atoms with Gasteiger partial charge in [-0.2, -0.15) is 0 Å². The summed E-state index contributed by atoms with van der Waals surface area (Å²) in [6.45, 7) is 88.8. The molecule has 0 nitrogen and oxygen atoms in total. The molecule has 0 heterocycles. The second-order valence-corrected chi connectivity index (χ2v) is 64.8. The Morgan fingerprint density at radius 2 is 0.523 bits per heavy atom. The first-order valence-electron chi connectivity index (χ1n) is 54.6. The van der Waals surface area contributed by atoms with Crippen LogP contribution in [-0.4, -0.2) is 46.9 Å². The molecule has 26 fully saturated rings. The Morgan fingerprint density at radius 1 is 0.258 bits per heavy atom. The molecule has 132 heavy (non-hydrogen) atoms. The molecule has 0 amide bonds. The average molecular weight is 2070 g/mol. The molecule has 28 rings (SSSR count). The number of fused-ring (bicyclic) bond motifs is 23. The number of hydrogen-bond acceptors (Lipinski definition) is 0. The van der Waals surface area contributed by atoms with Crippen molar-refractivity contribution in [3.63, 3.8) is 0 Å². The topological polar surface area (TPSA) is 0 Å². The van der Waals surface area contributed by atoms with Gasteiger partial charge in [-0.25, -0.2) is 0 Å². The van der Waals surface area contributed by atoms with Crippen molar-refractivity contribution in [1.29, 1.82) is 0 Å². The molecular weight excluding hydrogens is 1870 g/mol. The predicted octanol–water partition coefficient (Wildman–Crippen LogP) is 41.2. The van der Waals surface area contributed by atoms with Crippen LogP contribution in [0.1, 0.15) is 460 Å². The van der Waals surface area contributed by atoms with Gasteiger partial charge in [0.25, 0.3) is 0 Å². The molecule has 0 radical (unpaired) electrons. The predicted molar refractivity (Wildman–Crippen MR) is 593 cm³/mol. The maximum atomic E-state index is 6.56. The highest BCUT2D eigenvalue weighted by molar-refractivity contribution is 6.25. The molecule has 28 aliphatic rings. The van der Waals surface area contributed by atoms with Crippen LogP contribution < -0.4 is 0 Å². The average Bonchev–Trinajstić information content (AvgIpc) is 0.996. The molecule has 33 atom stereocenters. The van der Waals surface area contributed by atoms with Crippen LogP contribution in [0, 0.1) is 204 Å². The number of alkyl halides is 9. The summed E-state index contributed by atoms with van der Waals surface area (Å²) in [4.78, 5) is 0.298. The van der Waals surface area contributed by atoms with Crippen LogP contribution in [0.2, 0.25) is 0 Å². The molecule has 0 N–H and O–H groups in total. The van der Waals surface area contributed by atoms with Crippen LogP contribution in [0.4, 0.5) is 0 Å². The van der Waals surface area contributed by atoms with E-state index < -0.39 is 0 Å². The Balaban J connectivity index is 0.000000149. The SMILES string of the molecule is C=C1C2CCC(C2)C1(C)C.C=C1CCC2CC1C2(C)C.CC1(C)C2CCC(C2)C1(C)Cl.CC1(C)C2CCC1(C)C(Cl)C2.CC1(C)C2CCC1(C)C(Cl)C2.CC1(C)C2CCC1(C)C(Cl)C2.CC1(C)C2CCC1(C)C(Cl)C2.CC1(C)C2CCC1(C)C(Cl)C2.CC1(C)C2CCC1(C)C(Cl)C2.CC1(Cl)CCC2CC1C2(C)C.CC1(Cl)CCC2CC1C2(C)C.CC1=CCC2CC1C2(C)C.Cl.Cl.Cl. The van der Waals surface area contributed by atoms with Crippen molar-refractivity contribution in [2.75, 3.05) is 0 Å². The third-order valence-electron chi connectivity index (χ3n) is 52.3. The van der Waals surface area contributed by atoms with E-state index >= 15 is 0 Å². The second-order valence-electron chi connectivity index (χ2n) is 59.2. The molecule has 12 heteroatoms. The molecule has 0 aromatic rings. The first-order chi connectivity index (χ1) is 58.6. The van der Waals surface area contributed by atoms with Crippen molar-refractivity contribution in [3.8, 4) is 0 Å². The first-order valence-corrected chi connectivity index (χ1v) is 58.3. The van der Waals surface area contributed by atoms with E-state index in [9.17, 15) is 0 Å². The minimum atomic E-state index is 0. The molecule has 0 aliphatic heterocycles. The van der Waals surface area contributed by atoms with Crippen LogP contribution >= 0.6 is 142 Å². The number of hydrogen-bond donors (Lipinski definition) is 0. The Labute approximate surface area is 880 Å². The Hall–Kier alpha value is 2.70. The van der Waals surface area contributed by atoms with E-state index in [0.717, 1.165) is 107 Å². The highest BCUT2D eigenvalue weighted by Gasteiger charge is 2.68. The number of rotatable bonds is 0. The fourth-order valence-electron chi connectivity index (χ4n) is 36.1. The largest absolute Gasteiger partial charge is 0.147 e. The first kappa shape index (κ1) is 117. The van der Waals surface area contributed by atoms with Gasteiger partial charge in [-0.05, 0) is 456 Å². The number of halogens is 12. The van der Waals surface area contributed by atoms with Gasteiger partial charge in [0.2, 0.25) is 0 Å². The van der Waals surface area contributed by atoms with Crippen LogP contribution in [0.5, 0.6) is 0 Å². The van der Waals surface area contributed by atoms with Crippen molar-refractivity contribution in [2.24, 2.45) is 204 Å². The molecule has 0 spiro atoms. The molecule has 0 aromatic heterocycles. The van der Waals surface area contributed by atoms with Gasteiger partial charge in [-0.15, -0.1) is 142 Å². The standard InChI is InChI=1S/9C10H17Cl.3C10H16.3ClH/c6*1-9(2)7-4-5-10(9,3)8(11)6-7;2*1-9(2)7-4-5-10(3,11)8(9)6-7;1-9(2)7-4-5-8(6-7)10(9,3)11;1-7-8-4-5-9(6-8)10(7,2)3;2*1-7-4-5-8-6-9(7)10(8,2)3;;;/h9*7-8H,4-6H2,1-3H3;8-9H,1,4-6H2,2-3H3;4,8-9H,5-6H2,1-3H3;8-9H,1,4-6H2,2-3H3;3*1H. The van der Waals surface area contributed by atoms with Crippen LogP contribution in [0.25, 0.3) is 0 Å². The monoisotopic (exact) mass is 2070 g/mol. The van der Waals surface area contributed by atoms with Gasteiger partial charge in [-0.3, -0.25) is 0 Å². The van der Waals surface area contributed by atoms with Crippen molar-refractivity contribution < 1.29 is 0 Å². The van der Waals surface area contributed by atoms with E-state index in [0.29, 0.717) is 130 Å². The lowest BCUT2D eigenvalue weighted by Gasteiger charge is -2.62. The molecular formula is C120H204Cl12. The van der Waals surface area contributed by atoms with Gasteiger partial charge in [-0.1, -0.05) is 244 Å². The highest BCUT2D eigenvalue weighted by atomic mass is 35.5.